The Morgan fingerprint density at radius 1 is 1.53 bits per heavy atom. The molecule has 0 aliphatic heterocycles. The molecule has 1 aliphatic carbocycles. The molecule has 5 heteroatoms. The number of rotatable bonds is 5. The number of aromatic nitrogens is 1. The van der Waals surface area contributed by atoms with E-state index in [1.165, 1.54) is 12.8 Å². The van der Waals surface area contributed by atoms with Crippen LogP contribution in [0.25, 0.3) is 0 Å². The van der Waals surface area contributed by atoms with Crippen LogP contribution in [0.15, 0.2) is 18.3 Å². The lowest BCUT2D eigenvalue weighted by Gasteiger charge is -2.13. The number of pyridine rings is 1. The summed E-state index contributed by atoms with van der Waals surface area (Å²) in [4.78, 5) is 15.9. The van der Waals surface area contributed by atoms with E-state index in [0.29, 0.717) is 16.8 Å². The van der Waals surface area contributed by atoms with Crippen LogP contribution >= 0.6 is 0 Å². The van der Waals surface area contributed by atoms with Gasteiger partial charge in [0.1, 0.15) is 5.69 Å². The minimum Gasteiger partial charge on any atom is -0.350 e. The van der Waals surface area contributed by atoms with Crippen molar-refractivity contribution in [3.05, 3.63) is 24.0 Å². The molecule has 4 N–H and O–H groups in total. The molecule has 0 atom stereocenters. The molecule has 1 heterocycles. The Morgan fingerprint density at radius 3 is 2.76 bits per heavy atom. The molecule has 1 aromatic rings. The van der Waals surface area contributed by atoms with Gasteiger partial charge in [0.05, 0.1) is 11.9 Å². The van der Waals surface area contributed by atoms with Crippen molar-refractivity contribution in [1.29, 1.82) is 0 Å². The number of nitrogens with two attached hydrogens (primary N) is 1. The largest absolute Gasteiger partial charge is 0.350 e. The highest BCUT2D eigenvalue weighted by Crippen LogP contribution is 2.47. The number of nitrogens with one attached hydrogen (secondary N) is 2. The smallest absolute Gasteiger partial charge is 0.269 e. The second-order valence-electron chi connectivity index (χ2n) is 4.61. The minimum absolute atomic E-state index is 0.117. The quantitative estimate of drug-likeness (QED) is 0.529. The summed E-state index contributed by atoms with van der Waals surface area (Å²) in [6.07, 6.45) is 5.10. The molecule has 5 nitrogen and oxygen atoms in total. The van der Waals surface area contributed by atoms with E-state index in [9.17, 15) is 4.79 Å². The van der Waals surface area contributed by atoms with Crippen LogP contribution in [0.1, 0.15) is 36.7 Å². The number of hydrogen-bond acceptors (Lipinski definition) is 4. The lowest BCUT2D eigenvalue weighted by Crippen LogP contribution is -2.30. The molecule has 1 saturated carbocycles. The summed E-state index contributed by atoms with van der Waals surface area (Å²) in [7, 11) is 0. The molecule has 1 fully saturated rings. The maximum absolute atomic E-state index is 11.8. The number of anilines is 1. The van der Waals surface area contributed by atoms with Gasteiger partial charge in [-0.05, 0) is 36.8 Å². The molecule has 92 valence electrons. The van der Waals surface area contributed by atoms with Gasteiger partial charge in [0.2, 0.25) is 0 Å². The summed E-state index contributed by atoms with van der Waals surface area (Å²) >= 11 is 0. The van der Waals surface area contributed by atoms with Crippen LogP contribution < -0.4 is 16.6 Å². The first-order chi connectivity index (χ1) is 8.19. The van der Waals surface area contributed by atoms with Crippen molar-refractivity contribution >= 4 is 11.6 Å². The van der Waals surface area contributed by atoms with E-state index in [-0.39, 0.29) is 5.91 Å². The third kappa shape index (κ3) is 2.74. The van der Waals surface area contributed by atoms with E-state index in [0.717, 1.165) is 13.0 Å². The second kappa shape index (κ2) is 4.71. The Bertz CT molecular complexity index is 397. The predicted octanol–water partition coefficient (Wildman–Crippen LogP) is 1.29. The molecule has 1 amide bonds. The van der Waals surface area contributed by atoms with Crippen molar-refractivity contribution in [2.24, 2.45) is 11.3 Å². The summed E-state index contributed by atoms with van der Waals surface area (Å²) in [5.41, 5.74) is 3.95. The Hall–Kier alpha value is -1.62. The summed E-state index contributed by atoms with van der Waals surface area (Å²) in [6, 6.07) is 3.39. The van der Waals surface area contributed by atoms with Gasteiger partial charge in [-0.25, -0.2) is 4.98 Å². The molecule has 0 radical (unpaired) electrons. The number of carbonyl (C=O) groups is 1. The van der Waals surface area contributed by atoms with Gasteiger partial charge in [-0.3, -0.25) is 10.6 Å². The van der Waals surface area contributed by atoms with E-state index in [4.69, 9.17) is 5.84 Å². The number of hydrogen-bond donors (Lipinski definition) is 3. The van der Waals surface area contributed by atoms with Gasteiger partial charge in [0.25, 0.3) is 5.91 Å². The monoisotopic (exact) mass is 234 g/mol. The van der Waals surface area contributed by atoms with E-state index < -0.39 is 0 Å². The average molecular weight is 234 g/mol. The van der Waals surface area contributed by atoms with Crippen molar-refractivity contribution in [1.82, 2.24) is 10.3 Å². The molecule has 1 aliphatic rings. The van der Waals surface area contributed by atoms with E-state index in [2.05, 4.69) is 22.7 Å². The fourth-order valence-electron chi connectivity index (χ4n) is 1.80. The van der Waals surface area contributed by atoms with Gasteiger partial charge in [0, 0.05) is 6.54 Å². The van der Waals surface area contributed by atoms with Crippen molar-refractivity contribution in [3.8, 4) is 0 Å². The first-order valence-corrected chi connectivity index (χ1v) is 5.90. The number of amides is 1. The van der Waals surface area contributed by atoms with Crippen molar-refractivity contribution in [2.45, 2.75) is 26.2 Å². The van der Waals surface area contributed by atoms with Crippen molar-refractivity contribution < 1.29 is 4.79 Å². The number of nitrogens with zero attached hydrogens (tertiary/aromatic N) is 1. The zero-order chi connectivity index (χ0) is 12.3. The van der Waals surface area contributed by atoms with Gasteiger partial charge >= 0.3 is 0 Å². The van der Waals surface area contributed by atoms with Crippen LogP contribution in [-0.4, -0.2) is 17.4 Å². The van der Waals surface area contributed by atoms with Crippen LogP contribution in [0, 0.1) is 5.41 Å². The van der Waals surface area contributed by atoms with E-state index >= 15 is 0 Å². The highest BCUT2D eigenvalue weighted by molar-refractivity contribution is 5.92. The Labute approximate surface area is 101 Å². The molecule has 1 aromatic heterocycles. The summed E-state index contributed by atoms with van der Waals surface area (Å²) in [5, 5.41) is 2.94. The number of nitrogen functional groups attached to an aromatic ring is 1. The maximum Gasteiger partial charge on any atom is 0.269 e. The third-order valence-electron chi connectivity index (χ3n) is 3.49. The normalized spacial score (nSPS) is 16.4. The van der Waals surface area contributed by atoms with Gasteiger partial charge in [-0.1, -0.05) is 6.92 Å². The standard InChI is InChI=1S/C12H18N4O/c1-2-12(5-6-12)8-15-11(17)10-4-3-9(16-13)7-14-10/h3-4,7,16H,2,5-6,8,13H2,1H3,(H,15,17). The summed E-state index contributed by atoms with van der Waals surface area (Å²) in [6.45, 7) is 2.92. The predicted molar refractivity (Wildman–Crippen MR) is 66.3 cm³/mol. The molecule has 0 aromatic carbocycles. The summed E-state index contributed by atoms with van der Waals surface area (Å²) < 4.78 is 0. The van der Waals surface area contributed by atoms with Crippen LogP contribution in [0.3, 0.4) is 0 Å². The van der Waals surface area contributed by atoms with Crippen molar-refractivity contribution in [2.75, 3.05) is 12.0 Å². The summed E-state index contributed by atoms with van der Waals surface area (Å²) in [5.74, 6) is 5.11. The first kappa shape index (κ1) is 11.9. The van der Waals surface area contributed by atoms with Gasteiger partial charge in [0.15, 0.2) is 0 Å². The molecular formula is C12H18N4O. The SMILES string of the molecule is CCC1(CNC(=O)c2ccc(NN)cn2)CC1. The van der Waals surface area contributed by atoms with Crippen LogP contribution in [-0.2, 0) is 0 Å². The van der Waals surface area contributed by atoms with E-state index in [1.54, 1.807) is 18.3 Å². The molecule has 0 saturated heterocycles. The molecule has 0 unspecified atom stereocenters. The third-order valence-corrected chi connectivity index (χ3v) is 3.49. The van der Waals surface area contributed by atoms with Gasteiger partial charge < -0.3 is 10.7 Å². The highest BCUT2D eigenvalue weighted by Gasteiger charge is 2.40. The Morgan fingerprint density at radius 2 is 2.29 bits per heavy atom. The zero-order valence-electron chi connectivity index (χ0n) is 9.99. The van der Waals surface area contributed by atoms with Crippen LogP contribution in [0.2, 0.25) is 0 Å². The molecule has 2 rings (SSSR count). The topological polar surface area (TPSA) is 80.0 Å². The van der Waals surface area contributed by atoms with Crippen molar-refractivity contribution in [3.63, 3.8) is 0 Å². The van der Waals surface area contributed by atoms with Gasteiger partial charge in [-0.15, -0.1) is 0 Å². The van der Waals surface area contributed by atoms with E-state index in [1.807, 2.05) is 0 Å². The Balaban J connectivity index is 1.90. The zero-order valence-corrected chi connectivity index (χ0v) is 9.99. The first-order valence-electron chi connectivity index (χ1n) is 5.90. The average Bonchev–Trinajstić information content (AvgIpc) is 3.17. The number of hydrazine groups is 1. The molecular weight excluding hydrogens is 216 g/mol. The van der Waals surface area contributed by atoms with Crippen LogP contribution in [0.5, 0.6) is 0 Å². The fraction of sp³-hybridized carbons (Fsp3) is 0.500. The van der Waals surface area contributed by atoms with Gasteiger partial charge in [-0.2, -0.15) is 0 Å². The molecule has 17 heavy (non-hydrogen) atoms. The van der Waals surface area contributed by atoms with Crippen LogP contribution in [0.4, 0.5) is 5.69 Å². The lowest BCUT2D eigenvalue weighted by molar-refractivity contribution is 0.0939. The highest BCUT2D eigenvalue weighted by atomic mass is 16.1. The minimum atomic E-state index is -0.117. The molecule has 0 spiro atoms. The lowest BCUT2D eigenvalue weighted by atomic mass is 10.0. The fourth-order valence-corrected chi connectivity index (χ4v) is 1.80. The second-order valence-corrected chi connectivity index (χ2v) is 4.61. The molecule has 0 bridgehead atoms. The maximum atomic E-state index is 11.8. The Kier molecular flexibility index (Phi) is 3.28. The number of carbonyl (C=O) groups excluding carboxylic acids is 1.